The van der Waals surface area contributed by atoms with Gasteiger partial charge in [0.05, 0.1) is 6.42 Å². The first-order valence-corrected chi connectivity index (χ1v) is 12.8. The fraction of sp³-hybridized carbons (Fsp3) is 0.481. The molecule has 1 aliphatic heterocycles. The summed E-state index contributed by atoms with van der Waals surface area (Å²) in [5, 5.41) is 21.5. The van der Waals surface area contributed by atoms with Crippen molar-refractivity contribution in [3.63, 3.8) is 0 Å². The standard InChI is InChI=1S/C27H35N3O9/c1-4-27(5-2)23(35)29(18(3)14-15-21(31)32)26(38)30(24(27)36)20(22(33)34)13-9-10-16-28-25(37)39-17-19-11-7-6-8-12-19/h6-8,11-12,20H,3-5,9-10,13-17H2,1-2H3,(H,28,37)(H,31,32)(H,33,34)/t20-/m0/s1. The van der Waals surface area contributed by atoms with E-state index in [4.69, 9.17) is 9.84 Å². The highest BCUT2D eigenvalue weighted by atomic mass is 16.5. The number of aliphatic carboxylic acids is 2. The van der Waals surface area contributed by atoms with E-state index < -0.39 is 53.8 Å². The Morgan fingerprint density at radius 2 is 1.64 bits per heavy atom. The molecule has 0 radical (unpaired) electrons. The summed E-state index contributed by atoms with van der Waals surface area (Å²) in [4.78, 5) is 76.5. The van der Waals surface area contributed by atoms with Crippen molar-refractivity contribution in [3.05, 3.63) is 48.2 Å². The van der Waals surface area contributed by atoms with Crippen LogP contribution in [0.3, 0.4) is 0 Å². The lowest BCUT2D eigenvalue weighted by molar-refractivity contribution is -0.164. The number of nitrogens with one attached hydrogen (secondary N) is 1. The van der Waals surface area contributed by atoms with Crippen LogP contribution in [-0.4, -0.2) is 68.5 Å². The van der Waals surface area contributed by atoms with Crippen molar-refractivity contribution >= 4 is 35.9 Å². The minimum Gasteiger partial charge on any atom is -0.481 e. The molecular formula is C27H35N3O9. The molecule has 12 heteroatoms. The molecule has 5 amide bonds. The van der Waals surface area contributed by atoms with Crippen molar-refractivity contribution in [3.8, 4) is 0 Å². The molecule has 0 aliphatic carbocycles. The van der Waals surface area contributed by atoms with Crippen LogP contribution in [0.2, 0.25) is 0 Å². The molecule has 0 spiro atoms. The Balaban J connectivity index is 2.08. The van der Waals surface area contributed by atoms with Crippen LogP contribution < -0.4 is 5.32 Å². The Labute approximate surface area is 226 Å². The lowest BCUT2D eigenvalue weighted by Crippen LogP contribution is -2.67. The van der Waals surface area contributed by atoms with Crippen LogP contribution in [0.1, 0.15) is 64.4 Å². The largest absolute Gasteiger partial charge is 0.481 e. The summed E-state index contributed by atoms with van der Waals surface area (Å²) < 4.78 is 5.12. The zero-order valence-electron chi connectivity index (χ0n) is 22.2. The number of hydrogen-bond acceptors (Lipinski definition) is 7. The lowest BCUT2D eigenvalue weighted by atomic mass is 9.77. The number of barbiturate groups is 1. The number of unbranched alkanes of at least 4 members (excludes halogenated alkanes) is 1. The average molecular weight is 546 g/mol. The molecule has 1 saturated heterocycles. The van der Waals surface area contributed by atoms with Gasteiger partial charge in [-0.3, -0.25) is 14.4 Å². The zero-order valence-corrected chi connectivity index (χ0v) is 22.2. The number of carboxylic acids is 2. The van der Waals surface area contributed by atoms with Crippen molar-refractivity contribution in [2.45, 2.75) is 71.4 Å². The maximum absolute atomic E-state index is 13.5. The average Bonchev–Trinajstić information content (AvgIpc) is 2.90. The molecule has 1 fully saturated rings. The van der Waals surface area contributed by atoms with E-state index in [2.05, 4.69) is 11.9 Å². The number of carbonyl (C=O) groups excluding carboxylic acids is 4. The fourth-order valence-electron chi connectivity index (χ4n) is 4.38. The van der Waals surface area contributed by atoms with Gasteiger partial charge in [-0.05, 0) is 44.1 Å². The van der Waals surface area contributed by atoms with E-state index in [1.165, 1.54) is 0 Å². The Bertz CT molecular complexity index is 1100. The van der Waals surface area contributed by atoms with E-state index in [1.807, 2.05) is 30.3 Å². The molecule has 0 bridgehead atoms. The molecule has 3 N–H and O–H groups in total. The van der Waals surface area contributed by atoms with E-state index in [-0.39, 0.29) is 51.0 Å². The first kappa shape index (κ1) is 31.0. The second-order valence-electron chi connectivity index (χ2n) is 9.19. The second kappa shape index (κ2) is 14.1. The Morgan fingerprint density at radius 3 is 2.21 bits per heavy atom. The summed E-state index contributed by atoms with van der Waals surface area (Å²) in [6.07, 6.45) is -0.821. The third-order valence-electron chi connectivity index (χ3n) is 6.77. The van der Waals surface area contributed by atoms with Crippen molar-refractivity contribution in [1.29, 1.82) is 0 Å². The van der Waals surface area contributed by atoms with E-state index in [0.29, 0.717) is 16.2 Å². The summed E-state index contributed by atoms with van der Waals surface area (Å²) in [5.74, 6) is -4.34. The molecule has 212 valence electrons. The molecule has 39 heavy (non-hydrogen) atoms. The summed E-state index contributed by atoms with van der Waals surface area (Å²) >= 11 is 0. The van der Waals surface area contributed by atoms with Gasteiger partial charge in [-0.25, -0.2) is 24.2 Å². The molecule has 1 aromatic carbocycles. The smallest absolute Gasteiger partial charge is 0.407 e. The second-order valence-corrected chi connectivity index (χ2v) is 9.19. The number of carbonyl (C=O) groups is 6. The van der Waals surface area contributed by atoms with Crippen molar-refractivity contribution in [2.75, 3.05) is 6.54 Å². The summed E-state index contributed by atoms with van der Waals surface area (Å²) in [5.41, 5.74) is -0.988. The predicted molar refractivity (Wildman–Crippen MR) is 138 cm³/mol. The van der Waals surface area contributed by atoms with E-state index in [0.717, 1.165) is 5.56 Å². The highest BCUT2D eigenvalue weighted by Crippen LogP contribution is 2.39. The van der Waals surface area contributed by atoms with Crippen molar-refractivity contribution < 1.29 is 43.7 Å². The van der Waals surface area contributed by atoms with Gasteiger partial charge in [0.1, 0.15) is 18.1 Å². The van der Waals surface area contributed by atoms with Crippen LogP contribution in [0.25, 0.3) is 0 Å². The summed E-state index contributed by atoms with van der Waals surface area (Å²) in [7, 11) is 0. The van der Waals surface area contributed by atoms with Gasteiger partial charge in [0.15, 0.2) is 0 Å². The molecule has 1 heterocycles. The summed E-state index contributed by atoms with van der Waals surface area (Å²) in [6, 6.07) is 6.37. The number of carboxylic acid groups (broad SMARTS) is 2. The number of nitrogens with zero attached hydrogens (tertiary/aromatic N) is 2. The first-order valence-electron chi connectivity index (χ1n) is 12.8. The van der Waals surface area contributed by atoms with Crippen molar-refractivity contribution in [2.24, 2.45) is 5.41 Å². The van der Waals surface area contributed by atoms with Gasteiger partial charge >= 0.3 is 24.1 Å². The maximum Gasteiger partial charge on any atom is 0.407 e. The topological polar surface area (TPSA) is 171 Å². The molecule has 1 aromatic rings. The molecular weight excluding hydrogens is 510 g/mol. The predicted octanol–water partition coefficient (Wildman–Crippen LogP) is 3.51. The maximum atomic E-state index is 13.5. The Morgan fingerprint density at radius 1 is 1.00 bits per heavy atom. The van der Waals surface area contributed by atoms with E-state index >= 15 is 0 Å². The Hall–Kier alpha value is -4.22. The molecule has 1 atom stereocenters. The number of allylic oxidation sites excluding steroid dienone is 1. The Kier molecular flexibility index (Phi) is 11.2. The lowest BCUT2D eigenvalue weighted by Gasteiger charge is -2.45. The van der Waals surface area contributed by atoms with Crippen LogP contribution in [0.15, 0.2) is 42.6 Å². The van der Waals surface area contributed by atoms with Crippen LogP contribution in [-0.2, 0) is 30.5 Å². The monoisotopic (exact) mass is 545 g/mol. The number of rotatable bonds is 15. The number of hydrogen-bond donors (Lipinski definition) is 3. The third-order valence-corrected chi connectivity index (χ3v) is 6.77. The van der Waals surface area contributed by atoms with Crippen molar-refractivity contribution in [1.82, 2.24) is 15.1 Å². The molecule has 1 aliphatic rings. The van der Waals surface area contributed by atoms with Gasteiger partial charge in [0, 0.05) is 12.2 Å². The van der Waals surface area contributed by atoms with Gasteiger partial charge in [-0.15, -0.1) is 0 Å². The van der Waals surface area contributed by atoms with Gasteiger partial charge in [0.2, 0.25) is 5.91 Å². The van der Waals surface area contributed by atoms with Gasteiger partial charge in [-0.2, -0.15) is 0 Å². The number of benzene rings is 1. The molecule has 0 saturated carbocycles. The first-order chi connectivity index (χ1) is 18.5. The highest BCUT2D eigenvalue weighted by molar-refractivity contribution is 6.20. The minimum atomic E-state index is -1.68. The van der Waals surface area contributed by atoms with Gasteiger partial charge < -0.3 is 20.3 Å². The van der Waals surface area contributed by atoms with Crippen LogP contribution >= 0.6 is 0 Å². The third kappa shape index (κ3) is 7.43. The van der Waals surface area contributed by atoms with Crippen LogP contribution in [0.4, 0.5) is 9.59 Å². The molecule has 12 nitrogen and oxygen atoms in total. The quantitative estimate of drug-likeness (QED) is 0.220. The number of amides is 5. The fourth-order valence-corrected chi connectivity index (χ4v) is 4.38. The molecule has 0 unspecified atom stereocenters. The molecule has 0 aromatic heterocycles. The highest BCUT2D eigenvalue weighted by Gasteiger charge is 2.58. The van der Waals surface area contributed by atoms with Crippen LogP contribution in [0.5, 0.6) is 0 Å². The molecule has 2 rings (SSSR count). The minimum absolute atomic E-state index is 0.00894. The van der Waals surface area contributed by atoms with Gasteiger partial charge in [0.25, 0.3) is 5.91 Å². The van der Waals surface area contributed by atoms with E-state index in [1.54, 1.807) is 13.8 Å². The number of urea groups is 1. The van der Waals surface area contributed by atoms with Crippen LogP contribution in [0, 0.1) is 5.41 Å². The SMILES string of the molecule is C=C(CCC(=O)O)N1C(=O)N([C@@H](CCCCNC(=O)OCc2ccccc2)C(=O)O)C(=O)C(CC)(CC)C1=O. The normalized spacial score (nSPS) is 15.6. The van der Waals surface area contributed by atoms with E-state index in [9.17, 15) is 33.9 Å². The van der Waals surface area contributed by atoms with Gasteiger partial charge in [-0.1, -0.05) is 50.8 Å². The zero-order chi connectivity index (χ0) is 29.2. The number of ether oxygens (including phenoxy) is 1. The number of alkyl carbamates (subject to hydrolysis) is 1. The number of imide groups is 2. The summed E-state index contributed by atoms with van der Waals surface area (Å²) in [6.45, 7) is 7.11.